The van der Waals surface area contributed by atoms with Gasteiger partial charge in [0.05, 0.1) is 6.33 Å². The monoisotopic (exact) mass is 268 g/mol. The Morgan fingerprint density at radius 3 is 2.53 bits per heavy atom. The van der Waals surface area contributed by atoms with Crippen molar-refractivity contribution in [3.8, 4) is 0 Å². The fourth-order valence-electron chi connectivity index (χ4n) is 1.50. The van der Waals surface area contributed by atoms with Crippen molar-refractivity contribution in [3.05, 3.63) is 53.6 Å². The smallest absolute Gasteiger partial charge is 0.203 e. The maximum atomic E-state index is 12.3. The topological polar surface area (TPSA) is 34.9 Å². The molecule has 2 rings (SSSR count). The van der Waals surface area contributed by atoms with Gasteiger partial charge in [-0.2, -0.15) is 0 Å². The molecule has 0 saturated carbocycles. The lowest BCUT2D eigenvalue weighted by molar-refractivity contribution is 0.0905. The molecule has 0 N–H and O–H groups in total. The molecule has 1 aromatic heterocycles. The van der Waals surface area contributed by atoms with Crippen LogP contribution in [0.2, 0.25) is 5.15 Å². The molecule has 0 aliphatic carbocycles. The molecule has 1 heterocycles. The van der Waals surface area contributed by atoms with Crippen molar-refractivity contribution in [2.75, 3.05) is 0 Å². The van der Waals surface area contributed by atoms with Crippen LogP contribution < -0.4 is 0 Å². The highest BCUT2D eigenvalue weighted by Gasteiger charge is 2.33. The summed E-state index contributed by atoms with van der Waals surface area (Å²) in [6.45, 7) is 1.61. The summed E-state index contributed by atoms with van der Waals surface area (Å²) in [5.41, 5.74) is 0.551. The normalized spacial score (nSPS) is 14.3. The maximum absolute atomic E-state index is 12.3. The zero-order valence-corrected chi connectivity index (χ0v) is 10.6. The Morgan fingerprint density at radius 2 is 2.00 bits per heavy atom. The minimum atomic E-state index is -1.22. The molecule has 0 aliphatic rings. The van der Waals surface area contributed by atoms with Crippen LogP contribution in [0.3, 0.4) is 0 Å². The summed E-state index contributed by atoms with van der Waals surface area (Å²) in [6, 6.07) is 8.88. The first-order valence-corrected chi connectivity index (χ1v) is 5.76. The molecule has 0 radical (unpaired) electrons. The Kier molecular flexibility index (Phi) is 3.22. The van der Waals surface area contributed by atoms with Crippen LogP contribution in [0, 0.1) is 0 Å². The zero-order chi connectivity index (χ0) is 12.5. The highest BCUT2D eigenvalue weighted by atomic mass is 35.5. The number of hydrogen-bond acceptors (Lipinski definition) is 2. The van der Waals surface area contributed by atoms with Crippen molar-refractivity contribution in [1.29, 1.82) is 0 Å². The minimum Gasteiger partial charge on any atom is -0.310 e. The molecule has 3 nitrogen and oxygen atoms in total. The molecule has 0 amide bonds. The summed E-state index contributed by atoms with van der Waals surface area (Å²) in [4.78, 5) is 14.9. The highest BCUT2D eigenvalue weighted by molar-refractivity contribution is 6.35. The van der Waals surface area contributed by atoms with Gasteiger partial charge >= 0.3 is 0 Å². The van der Waals surface area contributed by atoms with Crippen LogP contribution in [0.1, 0.15) is 17.3 Å². The Labute approximate surface area is 109 Å². The number of aromatic nitrogens is 2. The van der Waals surface area contributed by atoms with Crippen LogP contribution >= 0.6 is 23.2 Å². The second kappa shape index (κ2) is 4.51. The van der Waals surface area contributed by atoms with Gasteiger partial charge in [0.25, 0.3) is 0 Å². The third-order valence-corrected chi connectivity index (χ3v) is 3.05. The van der Waals surface area contributed by atoms with Crippen LogP contribution in [0.25, 0.3) is 0 Å². The number of benzene rings is 1. The van der Waals surface area contributed by atoms with Gasteiger partial charge in [0.2, 0.25) is 5.78 Å². The van der Waals surface area contributed by atoms with E-state index in [-0.39, 0.29) is 5.78 Å². The second-order valence-electron chi connectivity index (χ2n) is 3.75. The zero-order valence-electron chi connectivity index (χ0n) is 9.10. The summed E-state index contributed by atoms with van der Waals surface area (Å²) < 4.78 is 1.49. The van der Waals surface area contributed by atoms with Gasteiger partial charge in [0.15, 0.2) is 5.00 Å². The number of carbonyl (C=O) groups is 1. The molecule has 0 fully saturated rings. The van der Waals surface area contributed by atoms with Crippen LogP contribution in [-0.2, 0) is 5.00 Å². The second-order valence-corrected chi connectivity index (χ2v) is 4.88. The van der Waals surface area contributed by atoms with Crippen molar-refractivity contribution in [2.24, 2.45) is 0 Å². The molecule has 1 aromatic carbocycles. The number of halogens is 2. The average Bonchev–Trinajstić information content (AvgIpc) is 2.77. The van der Waals surface area contributed by atoms with Crippen LogP contribution in [0.5, 0.6) is 0 Å². The standard InChI is InChI=1S/C12H10Cl2N2O/c1-12(14,16-7-10(13)15-8-16)11(17)9-5-3-2-4-6-9/h2-8H,1H3. The molecular formula is C12H10Cl2N2O. The quantitative estimate of drug-likeness (QED) is 0.632. The van der Waals surface area contributed by atoms with Crippen molar-refractivity contribution < 1.29 is 4.79 Å². The SMILES string of the molecule is CC(Cl)(C(=O)c1ccccc1)n1cnc(Cl)c1. The molecule has 1 unspecified atom stereocenters. The number of alkyl halides is 1. The van der Waals surface area contributed by atoms with E-state index >= 15 is 0 Å². The first kappa shape index (κ1) is 12.1. The Hall–Kier alpha value is -1.32. The summed E-state index contributed by atoms with van der Waals surface area (Å²) in [6.07, 6.45) is 2.96. The van der Waals surface area contributed by atoms with Crippen molar-refractivity contribution in [1.82, 2.24) is 9.55 Å². The van der Waals surface area contributed by atoms with Gasteiger partial charge in [-0.3, -0.25) is 4.79 Å². The van der Waals surface area contributed by atoms with E-state index in [0.717, 1.165) is 0 Å². The van der Waals surface area contributed by atoms with E-state index in [4.69, 9.17) is 23.2 Å². The average molecular weight is 269 g/mol. The third kappa shape index (κ3) is 2.35. The predicted octanol–water partition coefficient (Wildman–Crippen LogP) is 3.33. The minimum absolute atomic E-state index is 0.200. The number of carbonyl (C=O) groups excluding carboxylic acids is 1. The first-order chi connectivity index (χ1) is 8.01. The van der Waals surface area contributed by atoms with E-state index in [0.29, 0.717) is 10.7 Å². The summed E-state index contributed by atoms with van der Waals surface area (Å²) in [7, 11) is 0. The van der Waals surface area contributed by atoms with Gasteiger partial charge in [-0.05, 0) is 6.92 Å². The summed E-state index contributed by atoms with van der Waals surface area (Å²) in [5, 5.41) is 0.303. The van der Waals surface area contributed by atoms with E-state index in [1.54, 1.807) is 31.2 Å². The number of hydrogen-bond donors (Lipinski definition) is 0. The van der Waals surface area contributed by atoms with E-state index in [2.05, 4.69) is 4.98 Å². The Morgan fingerprint density at radius 1 is 1.35 bits per heavy atom. The Bertz CT molecular complexity index is 534. The molecule has 0 saturated heterocycles. The van der Waals surface area contributed by atoms with Gasteiger partial charge in [0.1, 0.15) is 5.15 Å². The van der Waals surface area contributed by atoms with E-state index in [1.807, 2.05) is 6.07 Å². The predicted molar refractivity (Wildman–Crippen MR) is 67.5 cm³/mol. The molecule has 17 heavy (non-hydrogen) atoms. The van der Waals surface area contributed by atoms with Gasteiger partial charge < -0.3 is 4.57 Å². The number of imidazole rings is 1. The summed E-state index contributed by atoms with van der Waals surface area (Å²) >= 11 is 12.0. The van der Waals surface area contributed by atoms with Crippen molar-refractivity contribution in [3.63, 3.8) is 0 Å². The number of Topliss-reactive ketones (excluding diaryl/α,β-unsaturated/α-hetero) is 1. The van der Waals surface area contributed by atoms with Crippen molar-refractivity contribution >= 4 is 29.0 Å². The molecule has 5 heteroatoms. The van der Waals surface area contributed by atoms with Gasteiger partial charge in [-0.1, -0.05) is 53.5 Å². The van der Waals surface area contributed by atoms with E-state index < -0.39 is 5.00 Å². The van der Waals surface area contributed by atoms with Crippen LogP contribution in [0.15, 0.2) is 42.9 Å². The van der Waals surface area contributed by atoms with Gasteiger partial charge in [-0.15, -0.1) is 0 Å². The molecule has 88 valence electrons. The lowest BCUT2D eigenvalue weighted by Crippen LogP contribution is -2.32. The van der Waals surface area contributed by atoms with Crippen molar-refractivity contribution in [2.45, 2.75) is 11.9 Å². The number of ketones is 1. The fourth-order valence-corrected chi connectivity index (χ4v) is 1.85. The van der Waals surface area contributed by atoms with Gasteiger partial charge in [-0.25, -0.2) is 4.98 Å². The van der Waals surface area contributed by atoms with E-state index in [9.17, 15) is 4.79 Å². The third-order valence-electron chi connectivity index (χ3n) is 2.49. The largest absolute Gasteiger partial charge is 0.310 e. The lowest BCUT2D eigenvalue weighted by atomic mass is 10.1. The fraction of sp³-hybridized carbons (Fsp3) is 0.167. The molecular weight excluding hydrogens is 259 g/mol. The molecule has 0 aliphatic heterocycles. The maximum Gasteiger partial charge on any atom is 0.203 e. The summed E-state index contributed by atoms with van der Waals surface area (Å²) in [5.74, 6) is -0.200. The first-order valence-electron chi connectivity index (χ1n) is 5.00. The van der Waals surface area contributed by atoms with Crippen LogP contribution in [-0.4, -0.2) is 15.3 Å². The number of rotatable bonds is 3. The molecule has 0 bridgehead atoms. The Balaban J connectivity index is 2.36. The number of nitrogens with zero attached hydrogens (tertiary/aromatic N) is 2. The van der Waals surface area contributed by atoms with E-state index in [1.165, 1.54) is 17.1 Å². The molecule has 0 spiro atoms. The highest BCUT2D eigenvalue weighted by Crippen LogP contribution is 2.27. The molecule has 2 aromatic rings. The lowest BCUT2D eigenvalue weighted by Gasteiger charge is -2.22. The van der Waals surface area contributed by atoms with Crippen LogP contribution in [0.4, 0.5) is 0 Å². The molecule has 1 atom stereocenters. The van der Waals surface area contributed by atoms with Gasteiger partial charge in [0, 0.05) is 11.8 Å².